The summed E-state index contributed by atoms with van der Waals surface area (Å²) in [4.78, 5) is 0. The second-order valence-electron chi connectivity index (χ2n) is 12.0. The Kier molecular flexibility index (Phi) is 67.0. The van der Waals surface area contributed by atoms with Crippen molar-refractivity contribution in [3.8, 4) is 0 Å². The van der Waals surface area contributed by atoms with E-state index in [4.69, 9.17) is 5.73 Å². The van der Waals surface area contributed by atoms with E-state index < -0.39 is 0 Å². The quantitative estimate of drug-likeness (QED) is 0.102. The SMILES string of the molecule is C=C(C)/C(C)=C(/N)C(=C)C.C=C(C)CCCC.C=C(C)NC(CCC)CCC.CC.CC.CC(C)C.CCCCCCCC. The molecule has 0 amide bonds. The van der Waals surface area contributed by atoms with Crippen molar-refractivity contribution in [3.63, 3.8) is 0 Å². The normalized spacial score (nSPS) is 9.61. The third kappa shape index (κ3) is 72.5. The summed E-state index contributed by atoms with van der Waals surface area (Å²) in [6.07, 6.45) is 17.3. The average molecular weight is 623 g/mol. The van der Waals surface area contributed by atoms with Crippen LogP contribution in [0, 0.1) is 5.92 Å². The Morgan fingerprint density at radius 3 is 1.07 bits per heavy atom. The van der Waals surface area contributed by atoms with Crippen LogP contribution in [0.2, 0.25) is 0 Å². The lowest BCUT2D eigenvalue weighted by atomic mass is 10.1. The summed E-state index contributed by atoms with van der Waals surface area (Å²) in [6, 6.07) is 0.655. The van der Waals surface area contributed by atoms with E-state index >= 15 is 0 Å². The highest BCUT2D eigenvalue weighted by Gasteiger charge is 2.03. The highest BCUT2D eigenvalue weighted by Crippen LogP contribution is 2.12. The molecule has 0 unspecified atom stereocenters. The molecule has 0 aromatic heterocycles. The lowest BCUT2D eigenvalue weighted by Crippen LogP contribution is -2.26. The first-order valence-electron chi connectivity index (χ1n) is 18.4. The first kappa shape index (κ1) is 57.9. The first-order chi connectivity index (χ1) is 20.6. The summed E-state index contributed by atoms with van der Waals surface area (Å²) < 4.78 is 0. The van der Waals surface area contributed by atoms with Gasteiger partial charge in [-0.15, -0.1) is 6.58 Å². The number of allylic oxidation sites excluding steroid dienone is 5. The number of nitrogens with two attached hydrogens (primary N) is 1. The van der Waals surface area contributed by atoms with Crippen LogP contribution in [0.15, 0.2) is 60.0 Å². The second-order valence-corrected chi connectivity index (χ2v) is 12.0. The molecule has 2 nitrogen and oxygen atoms in total. The highest BCUT2D eigenvalue weighted by molar-refractivity contribution is 5.37. The van der Waals surface area contributed by atoms with E-state index in [9.17, 15) is 0 Å². The minimum Gasteiger partial charge on any atom is -0.398 e. The van der Waals surface area contributed by atoms with E-state index in [0.29, 0.717) is 6.04 Å². The van der Waals surface area contributed by atoms with Gasteiger partial charge in [-0.25, -0.2) is 0 Å². The second kappa shape index (κ2) is 50.9. The third-order valence-electron chi connectivity index (χ3n) is 5.64. The van der Waals surface area contributed by atoms with Crippen molar-refractivity contribution in [2.45, 2.75) is 207 Å². The highest BCUT2D eigenvalue weighted by atomic mass is 14.9. The van der Waals surface area contributed by atoms with Crippen molar-refractivity contribution >= 4 is 0 Å². The minimum atomic E-state index is 0.655. The van der Waals surface area contributed by atoms with Crippen molar-refractivity contribution < 1.29 is 0 Å². The van der Waals surface area contributed by atoms with Crippen LogP contribution in [0.1, 0.15) is 201 Å². The largest absolute Gasteiger partial charge is 0.398 e. The summed E-state index contributed by atoms with van der Waals surface area (Å²) in [6.45, 7) is 50.7. The summed E-state index contributed by atoms with van der Waals surface area (Å²) in [5, 5.41) is 3.39. The zero-order valence-electron chi connectivity index (χ0n) is 34.3. The molecule has 44 heavy (non-hydrogen) atoms. The van der Waals surface area contributed by atoms with Crippen LogP contribution < -0.4 is 11.1 Å². The molecule has 0 saturated heterocycles. The van der Waals surface area contributed by atoms with Crippen LogP contribution in [0.3, 0.4) is 0 Å². The standard InChI is InChI=1S/C10H21N.C9H15N.C8H18.C7H14.C4H10.2C2H6/c1-5-7-10(8-6-2)11-9(3)4;1-6(2)8(5)9(10)7(3)4;1-3-5-7-8-6-4-2;1-4-5-6-7(2)3;1-4(2)3;2*1-2/h10-11H,3,5-8H2,1-2,4H3;1,3,10H2,2,4-5H3;3-8H2,1-2H3;2,4-6H2,1,3H3;4H,1-3H3;2*1-2H3/b;9-8+;;;;;. The maximum absolute atomic E-state index is 5.68. The Morgan fingerprint density at radius 2 is 0.909 bits per heavy atom. The van der Waals surface area contributed by atoms with Crippen molar-refractivity contribution in [1.82, 2.24) is 5.32 Å². The fourth-order valence-corrected chi connectivity index (χ4v) is 3.22. The molecule has 0 aromatic rings. The summed E-state index contributed by atoms with van der Waals surface area (Å²) in [5.41, 5.74) is 11.8. The molecule has 0 fully saturated rings. The van der Waals surface area contributed by atoms with Gasteiger partial charge in [0, 0.05) is 17.4 Å². The Hall–Kier alpha value is -1.70. The van der Waals surface area contributed by atoms with Crippen LogP contribution >= 0.6 is 0 Å². The van der Waals surface area contributed by atoms with Crippen LogP contribution in [0.25, 0.3) is 0 Å². The smallest absolute Gasteiger partial charge is 0.0369 e. The molecule has 0 atom stereocenters. The van der Waals surface area contributed by atoms with E-state index in [1.807, 2.05) is 55.4 Å². The molecule has 0 rings (SSSR count). The molecule has 0 aliphatic carbocycles. The monoisotopic (exact) mass is 623 g/mol. The van der Waals surface area contributed by atoms with Gasteiger partial charge >= 0.3 is 0 Å². The number of hydrogen-bond donors (Lipinski definition) is 2. The molecule has 268 valence electrons. The molecule has 2 heteroatoms. The number of nitrogens with one attached hydrogen (secondary N) is 1. The summed E-state index contributed by atoms with van der Waals surface area (Å²) >= 11 is 0. The molecule has 0 bridgehead atoms. The fraction of sp³-hybridized carbons (Fsp3) is 0.762. The lowest BCUT2D eigenvalue weighted by molar-refractivity contribution is 0.482. The molecule has 0 aromatic carbocycles. The van der Waals surface area contributed by atoms with E-state index in [0.717, 1.165) is 34.0 Å². The molecule has 0 aliphatic heterocycles. The Labute approximate surface area is 283 Å². The Bertz CT molecular complexity index is 585. The van der Waals surface area contributed by atoms with Crippen molar-refractivity contribution in [2.75, 3.05) is 0 Å². The van der Waals surface area contributed by atoms with Gasteiger partial charge in [0.25, 0.3) is 0 Å². The zero-order chi connectivity index (χ0) is 36.5. The van der Waals surface area contributed by atoms with Crippen LogP contribution in [-0.2, 0) is 0 Å². The average Bonchev–Trinajstić information content (AvgIpc) is 2.96. The van der Waals surface area contributed by atoms with Gasteiger partial charge in [-0.3, -0.25) is 0 Å². The van der Waals surface area contributed by atoms with Crippen LogP contribution in [0.4, 0.5) is 0 Å². The van der Waals surface area contributed by atoms with E-state index in [-0.39, 0.29) is 0 Å². The van der Waals surface area contributed by atoms with Crippen LogP contribution in [-0.4, -0.2) is 6.04 Å². The number of hydrogen-bond acceptors (Lipinski definition) is 2. The van der Waals surface area contributed by atoms with Crippen LogP contribution in [0.5, 0.6) is 0 Å². The molecule has 0 spiro atoms. The van der Waals surface area contributed by atoms with Gasteiger partial charge < -0.3 is 11.1 Å². The first-order valence-corrected chi connectivity index (χ1v) is 18.4. The molecule has 0 radical (unpaired) electrons. The van der Waals surface area contributed by atoms with Gasteiger partial charge in [0.15, 0.2) is 0 Å². The minimum absolute atomic E-state index is 0.655. The molecule has 0 saturated carbocycles. The van der Waals surface area contributed by atoms with E-state index in [1.54, 1.807) is 0 Å². The fourth-order valence-electron chi connectivity index (χ4n) is 3.22. The number of unbranched alkanes of at least 4 members (excludes halogenated alkanes) is 6. The van der Waals surface area contributed by atoms with Crippen molar-refractivity contribution in [2.24, 2.45) is 11.7 Å². The van der Waals surface area contributed by atoms with E-state index in [1.165, 1.54) is 89.0 Å². The van der Waals surface area contributed by atoms with Gasteiger partial charge in [0.1, 0.15) is 0 Å². The van der Waals surface area contributed by atoms with Gasteiger partial charge in [-0.05, 0) is 77.4 Å². The van der Waals surface area contributed by atoms with Gasteiger partial charge in [0.05, 0.1) is 0 Å². The number of rotatable bonds is 16. The maximum atomic E-state index is 5.68. The maximum Gasteiger partial charge on any atom is 0.0369 e. The lowest BCUT2D eigenvalue weighted by Gasteiger charge is -2.17. The Morgan fingerprint density at radius 1 is 0.568 bits per heavy atom. The van der Waals surface area contributed by atoms with E-state index in [2.05, 4.69) is 93.9 Å². The zero-order valence-corrected chi connectivity index (χ0v) is 34.3. The molecular formula is C42H90N2. The predicted octanol–water partition coefficient (Wildman–Crippen LogP) is 15.3. The van der Waals surface area contributed by atoms with Gasteiger partial charge in [-0.1, -0.05) is 172 Å². The van der Waals surface area contributed by atoms with Crippen molar-refractivity contribution in [3.05, 3.63) is 60.0 Å². The summed E-state index contributed by atoms with van der Waals surface area (Å²) in [7, 11) is 0. The Balaban J connectivity index is -0.0000000775. The molecule has 0 heterocycles. The molecule has 3 N–H and O–H groups in total. The predicted molar refractivity (Wildman–Crippen MR) is 215 cm³/mol. The van der Waals surface area contributed by atoms with Crippen molar-refractivity contribution in [1.29, 1.82) is 0 Å². The summed E-state index contributed by atoms with van der Waals surface area (Å²) in [5.74, 6) is 0.833. The molecular weight excluding hydrogens is 532 g/mol. The van der Waals surface area contributed by atoms with Gasteiger partial charge in [0.2, 0.25) is 0 Å². The van der Waals surface area contributed by atoms with Gasteiger partial charge in [-0.2, -0.15) is 0 Å². The third-order valence-corrected chi connectivity index (χ3v) is 5.64. The molecule has 0 aliphatic rings. The topological polar surface area (TPSA) is 38.0 Å².